The van der Waals surface area contributed by atoms with E-state index in [1.54, 1.807) is 44.5 Å². The van der Waals surface area contributed by atoms with E-state index in [1.807, 2.05) is 0 Å². The number of aryl methyl sites for hydroxylation is 4. The second-order valence-electron chi connectivity index (χ2n) is 13.8. The minimum atomic E-state index is -2.81. The van der Waals surface area contributed by atoms with Crippen LogP contribution in [0.25, 0.3) is 34.4 Å². The molecule has 7 rings (SSSR count). The first-order valence-corrected chi connectivity index (χ1v) is 22.8. The van der Waals surface area contributed by atoms with E-state index in [9.17, 15) is 0 Å². The molecule has 232 valence electrons. The molecule has 1 aliphatic heterocycles. The fraction of sp³-hybridized carbons (Fsp3) is 0.333. The summed E-state index contributed by atoms with van der Waals surface area (Å²) in [7, 11) is 0. The van der Waals surface area contributed by atoms with Crippen molar-refractivity contribution in [1.82, 2.24) is 0 Å². The van der Waals surface area contributed by atoms with Crippen molar-refractivity contribution in [3.63, 3.8) is 0 Å². The Kier molecular flexibility index (Phi) is 9.71. The molecule has 3 heteroatoms. The van der Waals surface area contributed by atoms with Gasteiger partial charge in [-0.25, -0.2) is 0 Å². The monoisotopic (exact) mass is 710 g/mol. The summed E-state index contributed by atoms with van der Waals surface area (Å²) >= 11 is -2.81. The van der Waals surface area contributed by atoms with E-state index in [-0.39, 0.29) is 24.8 Å². The molecule has 3 aliphatic rings. The normalized spacial score (nSPS) is 18.0. The second kappa shape index (κ2) is 12.8. The first kappa shape index (κ1) is 34.2. The fourth-order valence-corrected chi connectivity index (χ4v) is 27.2. The Morgan fingerprint density at radius 3 is 1.24 bits per heavy atom. The van der Waals surface area contributed by atoms with Crippen LogP contribution in [0.1, 0.15) is 89.6 Å². The fourth-order valence-electron chi connectivity index (χ4n) is 8.90. The molecule has 4 aromatic rings. The summed E-state index contributed by atoms with van der Waals surface area (Å²) in [5.74, 6) is 0. The van der Waals surface area contributed by atoms with E-state index in [0.717, 1.165) is 12.8 Å². The third kappa shape index (κ3) is 5.21. The smallest absolute Gasteiger partial charge is 1.00 e. The van der Waals surface area contributed by atoms with Crippen molar-refractivity contribution in [1.29, 1.82) is 0 Å². The molecular formula is C42H46Cl2Zr. The molecule has 0 radical (unpaired) electrons. The van der Waals surface area contributed by atoms with Crippen molar-refractivity contribution in [3.05, 3.63) is 127 Å². The van der Waals surface area contributed by atoms with Crippen LogP contribution in [0, 0.1) is 41.5 Å². The van der Waals surface area contributed by atoms with Gasteiger partial charge >= 0.3 is 266 Å². The van der Waals surface area contributed by atoms with E-state index in [0.29, 0.717) is 7.25 Å². The second-order valence-corrected chi connectivity index (χ2v) is 25.1. The molecule has 0 N–H and O–H groups in total. The maximum atomic E-state index is 2.66. The largest absolute Gasteiger partial charge is 1.00 e. The number of halogens is 2. The van der Waals surface area contributed by atoms with Gasteiger partial charge in [-0.2, -0.15) is 0 Å². The van der Waals surface area contributed by atoms with Gasteiger partial charge in [-0.1, -0.05) is 0 Å². The van der Waals surface area contributed by atoms with Crippen molar-refractivity contribution in [3.8, 4) is 22.3 Å². The number of hydrogen-bond donors (Lipinski definition) is 0. The van der Waals surface area contributed by atoms with Gasteiger partial charge in [-0.15, -0.1) is 0 Å². The van der Waals surface area contributed by atoms with E-state index in [4.69, 9.17) is 0 Å². The van der Waals surface area contributed by atoms with Crippen molar-refractivity contribution >= 4 is 12.2 Å². The van der Waals surface area contributed by atoms with E-state index >= 15 is 0 Å². The average Bonchev–Trinajstić information content (AvgIpc) is 3.53. The van der Waals surface area contributed by atoms with Gasteiger partial charge in [0.1, 0.15) is 0 Å². The zero-order valence-electron chi connectivity index (χ0n) is 28.2. The molecule has 0 bridgehead atoms. The maximum Gasteiger partial charge on any atom is -1.00 e. The molecule has 2 unspecified atom stereocenters. The Balaban J connectivity index is 0.00000200. The van der Waals surface area contributed by atoms with Gasteiger partial charge in [0.15, 0.2) is 0 Å². The predicted octanol–water partition coefficient (Wildman–Crippen LogP) is 6.28. The van der Waals surface area contributed by atoms with Crippen LogP contribution >= 0.6 is 0 Å². The molecule has 2 atom stereocenters. The minimum Gasteiger partial charge on any atom is -1.00 e. The molecular weight excluding hydrogens is 667 g/mol. The number of benzene rings is 4. The quantitative estimate of drug-likeness (QED) is 0.221. The van der Waals surface area contributed by atoms with Crippen molar-refractivity contribution in [2.24, 2.45) is 0 Å². The number of allylic oxidation sites excluding steroid dienone is 2. The number of fused-ring (bicyclic) bond motifs is 2. The van der Waals surface area contributed by atoms with E-state index in [2.05, 4.69) is 128 Å². The van der Waals surface area contributed by atoms with Crippen LogP contribution < -0.4 is 24.8 Å². The van der Waals surface area contributed by atoms with Gasteiger partial charge in [0.25, 0.3) is 0 Å². The Morgan fingerprint density at radius 1 is 0.533 bits per heavy atom. The Hall–Kier alpha value is -2.18. The van der Waals surface area contributed by atoms with Crippen molar-refractivity contribution < 1.29 is 45.1 Å². The van der Waals surface area contributed by atoms with Crippen LogP contribution in [-0.2, 0) is 20.3 Å². The van der Waals surface area contributed by atoms with Gasteiger partial charge in [0.2, 0.25) is 0 Å². The standard InChI is InChI=1S/2C20H21.C2H4.2ClH.Zr/c2*1-5-16-11-18-15(4)14(3)10-19(20(18)12-16)17-9-7-6-8-13(17)2;1-2;;;/h2*6-12H,5H2,1-4H3;1-2H2;2*1H;/q;;;;;+2/p-2. The summed E-state index contributed by atoms with van der Waals surface area (Å²) in [6.45, 7) is 19.0. The topological polar surface area (TPSA) is 0 Å². The number of hydrogen-bond acceptors (Lipinski definition) is 0. The van der Waals surface area contributed by atoms with Crippen LogP contribution in [0.4, 0.5) is 0 Å². The Bertz CT molecular complexity index is 1740. The Morgan fingerprint density at radius 2 is 0.911 bits per heavy atom. The molecule has 45 heavy (non-hydrogen) atoms. The summed E-state index contributed by atoms with van der Waals surface area (Å²) < 4.78 is 4.39. The van der Waals surface area contributed by atoms with E-state index in [1.165, 1.54) is 52.8 Å². The summed E-state index contributed by atoms with van der Waals surface area (Å²) in [5.41, 5.74) is 24.5. The molecule has 0 nitrogen and oxygen atoms in total. The van der Waals surface area contributed by atoms with Gasteiger partial charge < -0.3 is 24.8 Å². The molecule has 0 aromatic heterocycles. The molecule has 0 spiro atoms. The maximum absolute atomic E-state index is 2.81. The Labute approximate surface area is 288 Å². The van der Waals surface area contributed by atoms with Crippen LogP contribution in [-0.4, -0.2) is 0 Å². The van der Waals surface area contributed by atoms with Crippen LogP contribution in [0.5, 0.6) is 0 Å². The summed E-state index contributed by atoms with van der Waals surface area (Å²) in [6.07, 6.45) is 7.65. The first-order valence-electron chi connectivity index (χ1n) is 16.5. The van der Waals surface area contributed by atoms with Crippen LogP contribution in [0.2, 0.25) is 8.26 Å². The SMILES string of the molecule is CCC1=Cc2c(-c3ccccc3C)cc(C)c(C)c2[CH]1[Zr+2]1([CH]2C(CC)=Cc3c(-c4ccccc4C)cc(C)c(C)c32)[CH2][CH2]1.[Cl-].[Cl-]. The van der Waals surface area contributed by atoms with Gasteiger partial charge in [-0.3, -0.25) is 0 Å². The third-order valence-corrected chi connectivity index (χ3v) is 24.5. The molecule has 0 saturated carbocycles. The number of rotatable bonds is 6. The van der Waals surface area contributed by atoms with E-state index < -0.39 is 20.3 Å². The van der Waals surface area contributed by atoms with Crippen LogP contribution in [0.3, 0.4) is 0 Å². The van der Waals surface area contributed by atoms with Gasteiger partial charge in [-0.05, 0) is 0 Å². The predicted molar refractivity (Wildman–Crippen MR) is 184 cm³/mol. The average molecular weight is 713 g/mol. The molecule has 1 heterocycles. The molecule has 4 aromatic carbocycles. The molecule has 1 saturated heterocycles. The zero-order valence-corrected chi connectivity index (χ0v) is 32.1. The summed E-state index contributed by atoms with van der Waals surface area (Å²) in [4.78, 5) is 0. The third-order valence-electron chi connectivity index (χ3n) is 11.5. The molecule has 1 fully saturated rings. The molecule has 2 aliphatic carbocycles. The van der Waals surface area contributed by atoms with Gasteiger partial charge in [0, 0.05) is 0 Å². The molecule has 0 amide bonds. The minimum absolute atomic E-state index is 0. The zero-order chi connectivity index (χ0) is 30.2. The first-order chi connectivity index (χ1) is 20.7. The summed E-state index contributed by atoms with van der Waals surface area (Å²) in [5, 5.41) is 0. The van der Waals surface area contributed by atoms with Gasteiger partial charge in [0.05, 0.1) is 0 Å². The van der Waals surface area contributed by atoms with Crippen molar-refractivity contribution in [2.45, 2.75) is 83.7 Å². The summed E-state index contributed by atoms with van der Waals surface area (Å²) in [6, 6.07) is 23.0. The van der Waals surface area contributed by atoms with Crippen LogP contribution in [0.15, 0.2) is 71.8 Å². The van der Waals surface area contributed by atoms with Crippen molar-refractivity contribution in [2.75, 3.05) is 0 Å².